The second-order valence-electron chi connectivity index (χ2n) is 12.7. The minimum absolute atomic E-state index is 0.0547. The Balaban J connectivity index is 0.000000137. The predicted molar refractivity (Wildman–Crippen MR) is 167 cm³/mol. The van der Waals surface area contributed by atoms with Crippen molar-refractivity contribution in [3.8, 4) is 0 Å². The summed E-state index contributed by atoms with van der Waals surface area (Å²) in [7, 11) is 0. The van der Waals surface area contributed by atoms with Gasteiger partial charge in [0.2, 0.25) is 0 Å². The number of halogens is 7. The van der Waals surface area contributed by atoms with Gasteiger partial charge < -0.3 is 10.2 Å². The molecule has 2 aliphatic heterocycles. The number of Topliss-reactive ketones (excluding diaryl/α,β-unsaturated/α-hetero) is 2. The molecule has 2 aliphatic carbocycles. The Labute approximate surface area is 277 Å². The van der Waals surface area contributed by atoms with Crippen LogP contribution in [0.15, 0.2) is 24.8 Å². The highest BCUT2D eigenvalue weighted by molar-refractivity contribution is 7.19. The Bertz CT molecular complexity index is 1800. The number of alkyl halides is 6. The molecule has 4 aromatic rings. The van der Waals surface area contributed by atoms with Crippen molar-refractivity contribution in [2.45, 2.75) is 63.7 Å². The van der Waals surface area contributed by atoms with Crippen LogP contribution in [0, 0.1) is 10.8 Å². The smallest absolute Gasteiger partial charge is 0.355 e. The summed E-state index contributed by atoms with van der Waals surface area (Å²) < 4.78 is 74.0. The Morgan fingerprint density at radius 3 is 1.72 bits per heavy atom. The summed E-state index contributed by atoms with van der Waals surface area (Å²) in [5, 5.41) is 4.55. The van der Waals surface area contributed by atoms with Gasteiger partial charge in [-0.3, -0.25) is 9.59 Å². The molecule has 252 valence electrons. The average Bonchev–Trinajstić information content (AvgIpc) is 3.71. The second kappa shape index (κ2) is 12.8. The van der Waals surface area contributed by atoms with E-state index in [1.807, 2.05) is 4.90 Å². The van der Waals surface area contributed by atoms with E-state index in [4.69, 9.17) is 11.6 Å². The van der Waals surface area contributed by atoms with E-state index in [0.717, 1.165) is 74.5 Å². The highest BCUT2D eigenvalue weighted by Crippen LogP contribution is 2.47. The molecule has 0 aromatic carbocycles. The summed E-state index contributed by atoms with van der Waals surface area (Å²) in [6.45, 7) is 3.65. The third-order valence-electron chi connectivity index (χ3n) is 8.81. The molecule has 0 unspecified atom stereocenters. The number of rotatable bonds is 3. The van der Waals surface area contributed by atoms with Crippen molar-refractivity contribution in [3.05, 3.63) is 39.7 Å². The van der Waals surface area contributed by atoms with Crippen molar-refractivity contribution in [1.29, 1.82) is 0 Å². The Morgan fingerprint density at radius 2 is 1.28 bits per heavy atom. The topological polar surface area (TPSA) is 101 Å². The van der Waals surface area contributed by atoms with Gasteiger partial charge in [-0.05, 0) is 25.0 Å². The number of hydrogen-bond acceptors (Lipinski definition) is 10. The SMILES string of the molecule is FC(F)(F)Cc1cc2c(Cl)ncnc2s1.O=C1CCC2(C1)CN(c1ncnc3sc(CC(F)(F)F)cc13)C2.O=C1CCC2(CNC2)C1. The van der Waals surface area contributed by atoms with E-state index >= 15 is 0 Å². The van der Waals surface area contributed by atoms with Crippen LogP contribution in [0.3, 0.4) is 0 Å². The number of ketones is 2. The second-order valence-corrected chi connectivity index (χ2v) is 15.3. The lowest BCUT2D eigenvalue weighted by atomic mass is 9.78. The van der Waals surface area contributed by atoms with Crippen LogP contribution in [0.25, 0.3) is 20.4 Å². The molecule has 1 N–H and O–H groups in total. The lowest BCUT2D eigenvalue weighted by molar-refractivity contribution is -0.127. The van der Waals surface area contributed by atoms with Crippen LogP contribution in [0.4, 0.5) is 32.2 Å². The molecule has 2 saturated carbocycles. The summed E-state index contributed by atoms with van der Waals surface area (Å²) in [5.74, 6) is 1.46. The van der Waals surface area contributed by atoms with Gasteiger partial charge in [0.25, 0.3) is 0 Å². The number of fused-ring (bicyclic) bond motifs is 2. The predicted octanol–water partition coefficient (Wildman–Crippen LogP) is 7.13. The van der Waals surface area contributed by atoms with Crippen molar-refractivity contribution in [2.75, 3.05) is 31.1 Å². The number of hydrogen-bond donors (Lipinski definition) is 1. The molecule has 17 heteroatoms. The van der Waals surface area contributed by atoms with Gasteiger partial charge >= 0.3 is 12.4 Å². The number of carbonyl (C=O) groups is 2. The average molecular weight is 719 g/mol. The van der Waals surface area contributed by atoms with E-state index in [-0.39, 0.29) is 20.3 Å². The van der Waals surface area contributed by atoms with Gasteiger partial charge in [-0.15, -0.1) is 22.7 Å². The maximum Gasteiger partial charge on any atom is 0.393 e. The summed E-state index contributed by atoms with van der Waals surface area (Å²) >= 11 is 7.76. The van der Waals surface area contributed by atoms with Gasteiger partial charge in [-0.2, -0.15) is 26.3 Å². The normalized spacial score (nSPS) is 19.9. The van der Waals surface area contributed by atoms with Crippen LogP contribution in [0.1, 0.15) is 48.3 Å². The number of nitrogens with one attached hydrogen (secondary N) is 1. The fraction of sp³-hybridized carbons (Fsp3) is 0.533. The third kappa shape index (κ3) is 8.03. The van der Waals surface area contributed by atoms with Crippen LogP contribution >= 0.6 is 34.3 Å². The summed E-state index contributed by atoms with van der Waals surface area (Å²) in [4.78, 5) is 41.8. The standard InChI is InChI=1S/C15H14F3N3OS.C8H4ClF3N2S.C7H11NO/c16-15(17,18)5-10-3-11-12(19-8-20-13(11)23-10)21-6-14(7-21)2-1-9(22)4-14;9-6-5-1-4(2-8(10,11)12)15-7(5)14-3-13-6;9-6-1-2-7(3-6)4-8-5-7/h3,8H,1-2,4-7H2;1,3H,2H2;8H,1-5H2. The van der Waals surface area contributed by atoms with Gasteiger partial charge in [-0.1, -0.05) is 11.6 Å². The molecule has 47 heavy (non-hydrogen) atoms. The fourth-order valence-electron chi connectivity index (χ4n) is 6.55. The summed E-state index contributed by atoms with van der Waals surface area (Å²) in [6, 6.07) is 2.93. The lowest BCUT2D eigenvalue weighted by Gasteiger charge is -2.48. The first-order chi connectivity index (χ1) is 22.1. The number of anilines is 1. The number of thiophene rings is 2. The van der Waals surface area contributed by atoms with Crippen molar-refractivity contribution in [1.82, 2.24) is 25.3 Å². The minimum Gasteiger partial charge on any atom is -0.355 e. The van der Waals surface area contributed by atoms with E-state index in [1.54, 1.807) is 6.07 Å². The molecular weight excluding hydrogens is 690 g/mol. The van der Waals surface area contributed by atoms with Crippen molar-refractivity contribution >= 4 is 72.1 Å². The van der Waals surface area contributed by atoms with Crippen molar-refractivity contribution in [2.24, 2.45) is 10.8 Å². The molecule has 2 saturated heterocycles. The molecule has 0 amide bonds. The highest BCUT2D eigenvalue weighted by atomic mass is 35.5. The largest absolute Gasteiger partial charge is 0.393 e. The van der Waals surface area contributed by atoms with E-state index in [1.165, 1.54) is 18.7 Å². The van der Waals surface area contributed by atoms with Crippen molar-refractivity contribution in [3.63, 3.8) is 0 Å². The summed E-state index contributed by atoms with van der Waals surface area (Å²) in [5.41, 5.74) is 0.482. The van der Waals surface area contributed by atoms with Crippen LogP contribution in [0.2, 0.25) is 5.15 Å². The zero-order chi connectivity index (χ0) is 33.6. The first-order valence-corrected chi connectivity index (χ1v) is 16.9. The Morgan fingerprint density at radius 1 is 0.766 bits per heavy atom. The molecule has 4 aromatic heterocycles. The Kier molecular flexibility index (Phi) is 9.26. The molecule has 0 radical (unpaired) electrons. The molecule has 6 heterocycles. The molecule has 0 bridgehead atoms. The number of carbonyl (C=O) groups excluding carboxylic acids is 2. The maximum atomic E-state index is 12.6. The minimum atomic E-state index is -4.22. The van der Waals surface area contributed by atoms with Gasteiger partial charge in [0.15, 0.2) is 0 Å². The molecular formula is C30H29ClF6N6O2S2. The van der Waals surface area contributed by atoms with E-state index < -0.39 is 25.2 Å². The summed E-state index contributed by atoms with van der Waals surface area (Å²) in [6.07, 6.45) is -2.71. The number of nitrogens with zero attached hydrogens (tertiary/aromatic N) is 5. The molecule has 0 atom stereocenters. The van der Waals surface area contributed by atoms with Crippen molar-refractivity contribution < 1.29 is 35.9 Å². The molecule has 8 rings (SSSR count). The monoisotopic (exact) mass is 718 g/mol. The van der Waals surface area contributed by atoms with Crippen LogP contribution in [0.5, 0.6) is 0 Å². The molecule has 2 spiro atoms. The van der Waals surface area contributed by atoms with Crippen LogP contribution < -0.4 is 10.2 Å². The third-order valence-corrected chi connectivity index (χ3v) is 11.2. The zero-order valence-corrected chi connectivity index (χ0v) is 27.2. The first kappa shape index (κ1) is 33.9. The molecule has 4 fully saturated rings. The van der Waals surface area contributed by atoms with Gasteiger partial charge in [0.05, 0.1) is 18.2 Å². The fourth-order valence-corrected chi connectivity index (χ4v) is 8.84. The highest BCUT2D eigenvalue weighted by Gasteiger charge is 2.48. The molecule has 8 nitrogen and oxygen atoms in total. The van der Waals surface area contributed by atoms with Gasteiger partial charge in [-0.25, -0.2) is 19.9 Å². The zero-order valence-electron chi connectivity index (χ0n) is 24.8. The van der Waals surface area contributed by atoms with Crippen LogP contribution in [-0.4, -0.2) is 70.0 Å². The quantitative estimate of drug-likeness (QED) is 0.176. The van der Waals surface area contributed by atoms with Gasteiger partial charge in [0.1, 0.15) is 44.9 Å². The lowest BCUT2D eigenvalue weighted by Crippen LogP contribution is -2.55. The van der Waals surface area contributed by atoms with Crippen LogP contribution in [-0.2, 0) is 22.4 Å². The maximum absolute atomic E-state index is 12.6. The first-order valence-electron chi connectivity index (χ1n) is 14.8. The van der Waals surface area contributed by atoms with Gasteiger partial charge in [0, 0.05) is 77.8 Å². The molecule has 4 aliphatic rings. The van der Waals surface area contributed by atoms with E-state index in [2.05, 4.69) is 25.3 Å². The van der Waals surface area contributed by atoms with E-state index in [9.17, 15) is 35.9 Å². The van der Waals surface area contributed by atoms with E-state index in [0.29, 0.717) is 56.1 Å². The Hall–Kier alpha value is -2.95. The number of aromatic nitrogens is 4.